The van der Waals surface area contributed by atoms with Crippen LogP contribution in [-0.4, -0.2) is 58.0 Å². The lowest BCUT2D eigenvalue weighted by Crippen LogP contribution is -2.36. The van der Waals surface area contributed by atoms with Crippen molar-refractivity contribution in [3.8, 4) is 0 Å². The van der Waals surface area contributed by atoms with E-state index in [1.165, 1.54) is 10.4 Å². The number of rotatable bonds is 7. The minimum Gasteiger partial charge on any atom is -0.378 e. The Morgan fingerprint density at radius 1 is 1.10 bits per heavy atom. The Hall–Kier alpha value is -2.42. The van der Waals surface area contributed by atoms with Crippen LogP contribution in [0.1, 0.15) is 29.8 Å². The number of morpholine rings is 1. The minimum atomic E-state index is -3.64. The average Bonchev–Trinajstić information content (AvgIpc) is 2.75. The van der Waals surface area contributed by atoms with E-state index in [1.807, 2.05) is 24.3 Å². The van der Waals surface area contributed by atoms with Crippen molar-refractivity contribution in [2.75, 3.05) is 49.6 Å². The molecule has 0 bridgehead atoms. The van der Waals surface area contributed by atoms with Crippen molar-refractivity contribution in [2.24, 2.45) is 0 Å². The molecule has 0 aliphatic carbocycles. The lowest BCUT2D eigenvalue weighted by atomic mass is 10.1. The van der Waals surface area contributed by atoms with E-state index in [9.17, 15) is 13.2 Å². The first-order valence-corrected chi connectivity index (χ1v) is 11.7. The van der Waals surface area contributed by atoms with Gasteiger partial charge in [0.15, 0.2) is 0 Å². The van der Waals surface area contributed by atoms with Crippen molar-refractivity contribution in [3.63, 3.8) is 0 Å². The van der Waals surface area contributed by atoms with Gasteiger partial charge in [-0.2, -0.15) is 4.31 Å². The highest BCUT2D eigenvalue weighted by molar-refractivity contribution is 7.89. The second kappa shape index (κ2) is 9.59. The van der Waals surface area contributed by atoms with Gasteiger partial charge in [0.1, 0.15) is 0 Å². The molecule has 0 unspecified atom stereocenters. The van der Waals surface area contributed by atoms with Gasteiger partial charge in [-0.05, 0) is 36.8 Å². The van der Waals surface area contributed by atoms with E-state index in [1.54, 1.807) is 32.9 Å². The predicted octanol–water partition coefficient (Wildman–Crippen LogP) is 3.11. The Labute approximate surface area is 178 Å². The van der Waals surface area contributed by atoms with Gasteiger partial charge in [-0.3, -0.25) is 4.79 Å². The number of sulfonamides is 1. The van der Waals surface area contributed by atoms with Crippen LogP contribution in [-0.2, 0) is 14.8 Å². The molecule has 3 rings (SSSR count). The number of amides is 1. The fourth-order valence-electron chi connectivity index (χ4n) is 3.57. The predicted molar refractivity (Wildman–Crippen MR) is 119 cm³/mol. The summed E-state index contributed by atoms with van der Waals surface area (Å²) in [6, 6.07) is 12.3. The van der Waals surface area contributed by atoms with Gasteiger partial charge in [0.05, 0.1) is 29.5 Å². The maximum absolute atomic E-state index is 13.1. The number of aryl methyl sites for hydroxylation is 1. The summed E-state index contributed by atoms with van der Waals surface area (Å²) in [6.45, 7) is 8.95. The highest BCUT2D eigenvalue weighted by Gasteiger charge is 2.24. The van der Waals surface area contributed by atoms with Crippen molar-refractivity contribution in [2.45, 2.75) is 25.7 Å². The van der Waals surface area contributed by atoms with Crippen LogP contribution < -0.4 is 10.2 Å². The first kappa shape index (κ1) is 22.3. The summed E-state index contributed by atoms with van der Waals surface area (Å²) in [6.07, 6.45) is 0. The van der Waals surface area contributed by atoms with E-state index in [2.05, 4.69) is 10.2 Å². The Morgan fingerprint density at radius 3 is 2.43 bits per heavy atom. The normalized spacial score (nSPS) is 14.7. The molecule has 2 aromatic rings. The molecule has 7 nitrogen and oxygen atoms in total. The molecule has 1 aliphatic rings. The Kier molecular flexibility index (Phi) is 7.12. The Bertz CT molecular complexity index is 997. The first-order valence-electron chi connectivity index (χ1n) is 10.2. The summed E-state index contributed by atoms with van der Waals surface area (Å²) in [5.41, 5.74) is 2.69. The molecular weight excluding hydrogens is 402 g/mol. The third-order valence-corrected chi connectivity index (χ3v) is 7.35. The number of nitrogens with one attached hydrogen (secondary N) is 1. The number of nitrogens with zero attached hydrogens (tertiary/aromatic N) is 2. The molecule has 0 spiro atoms. The number of benzene rings is 2. The summed E-state index contributed by atoms with van der Waals surface area (Å²) in [4.78, 5) is 15.4. The van der Waals surface area contributed by atoms with E-state index in [4.69, 9.17) is 4.74 Å². The molecule has 2 aromatic carbocycles. The summed E-state index contributed by atoms with van der Waals surface area (Å²) in [5, 5.41) is 2.97. The van der Waals surface area contributed by atoms with Crippen LogP contribution in [0.2, 0.25) is 0 Å². The second-order valence-electron chi connectivity index (χ2n) is 7.14. The van der Waals surface area contributed by atoms with Crippen LogP contribution in [0.5, 0.6) is 0 Å². The Balaban J connectivity index is 1.90. The molecule has 0 aromatic heterocycles. The van der Waals surface area contributed by atoms with Crippen molar-refractivity contribution >= 4 is 27.3 Å². The molecule has 30 heavy (non-hydrogen) atoms. The molecule has 1 saturated heterocycles. The van der Waals surface area contributed by atoms with Crippen LogP contribution in [0.25, 0.3) is 0 Å². The number of carbonyl (C=O) groups excluding carboxylic acids is 1. The van der Waals surface area contributed by atoms with Gasteiger partial charge in [0.2, 0.25) is 10.0 Å². The van der Waals surface area contributed by atoms with Gasteiger partial charge in [-0.15, -0.1) is 0 Å². The molecule has 162 valence electrons. The van der Waals surface area contributed by atoms with E-state index in [-0.39, 0.29) is 10.8 Å². The SMILES string of the molecule is CCN(CC)S(=O)(=O)c1ccc(C)c(C(=O)Nc2ccccc2N2CCOCC2)c1. The van der Waals surface area contributed by atoms with Gasteiger partial charge < -0.3 is 15.0 Å². The van der Waals surface area contributed by atoms with Crippen LogP contribution in [0.4, 0.5) is 11.4 Å². The molecule has 1 fully saturated rings. The monoisotopic (exact) mass is 431 g/mol. The lowest BCUT2D eigenvalue weighted by Gasteiger charge is -2.30. The van der Waals surface area contributed by atoms with Crippen LogP contribution in [0.3, 0.4) is 0 Å². The zero-order valence-electron chi connectivity index (χ0n) is 17.7. The second-order valence-corrected chi connectivity index (χ2v) is 9.07. The summed E-state index contributed by atoms with van der Waals surface area (Å²) in [7, 11) is -3.64. The van der Waals surface area contributed by atoms with E-state index >= 15 is 0 Å². The smallest absolute Gasteiger partial charge is 0.256 e. The number of hydrogen-bond donors (Lipinski definition) is 1. The molecule has 8 heteroatoms. The minimum absolute atomic E-state index is 0.128. The molecule has 0 saturated carbocycles. The fourth-order valence-corrected chi connectivity index (χ4v) is 5.05. The average molecular weight is 432 g/mol. The molecule has 0 radical (unpaired) electrons. The van der Waals surface area contributed by atoms with Gasteiger partial charge >= 0.3 is 0 Å². The number of para-hydroxylation sites is 2. The fraction of sp³-hybridized carbons (Fsp3) is 0.409. The van der Waals surface area contributed by atoms with Gasteiger partial charge in [-0.1, -0.05) is 32.0 Å². The largest absolute Gasteiger partial charge is 0.378 e. The highest BCUT2D eigenvalue weighted by Crippen LogP contribution is 2.28. The molecule has 1 N–H and O–H groups in total. The van der Waals surface area contributed by atoms with Crippen molar-refractivity contribution < 1.29 is 17.9 Å². The van der Waals surface area contributed by atoms with Crippen molar-refractivity contribution in [1.82, 2.24) is 4.31 Å². The molecule has 0 atom stereocenters. The van der Waals surface area contributed by atoms with Crippen molar-refractivity contribution in [3.05, 3.63) is 53.6 Å². The highest BCUT2D eigenvalue weighted by atomic mass is 32.2. The van der Waals surface area contributed by atoms with E-state index in [0.29, 0.717) is 37.6 Å². The maximum Gasteiger partial charge on any atom is 0.256 e. The third kappa shape index (κ3) is 4.66. The topological polar surface area (TPSA) is 79.0 Å². The van der Waals surface area contributed by atoms with Crippen molar-refractivity contribution in [1.29, 1.82) is 0 Å². The Morgan fingerprint density at radius 2 is 1.77 bits per heavy atom. The zero-order chi connectivity index (χ0) is 21.7. The maximum atomic E-state index is 13.1. The molecular formula is C22H29N3O4S. The van der Waals surface area contributed by atoms with Crippen LogP contribution in [0.15, 0.2) is 47.4 Å². The van der Waals surface area contributed by atoms with E-state index < -0.39 is 10.0 Å². The molecule has 1 heterocycles. The summed E-state index contributed by atoms with van der Waals surface area (Å²) < 4.78 is 32.6. The number of anilines is 2. The number of carbonyl (C=O) groups is 1. The van der Waals surface area contributed by atoms with Gasteiger partial charge in [-0.25, -0.2) is 8.42 Å². The van der Waals surface area contributed by atoms with Crippen LogP contribution in [0, 0.1) is 6.92 Å². The number of hydrogen-bond acceptors (Lipinski definition) is 5. The third-order valence-electron chi connectivity index (χ3n) is 5.30. The zero-order valence-corrected chi connectivity index (χ0v) is 18.5. The number of ether oxygens (including phenoxy) is 1. The quantitative estimate of drug-likeness (QED) is 0.729. The van der Waals surface area contributed by atoms with Gasteiger partial charge in [0, 0.05) is 31.7 Å². The lowest BCUT2D eigenvalue weighted by molar-refractivity contribution is 0.102. The standard InChI is InChI=1S/C22H29N3O4S/c1-4-25(5-2)30(27,28)18-11-10-17(3)19(16-18)22(26)23-20-8-6-7-9-21(20)24-12-14-29-15-13-24/h6-11,16H,4-5,12-15H2,1-3H3,(H,23,26). The van der Waals surface area contributed by atoms with Gasteiger partial charge in [0.25, 0.3) is 5.91 Å². The van der Waals surface area contributed by atoms with E-state index in [0.717, 1.165) is 24.3 Å². The van der Waals surface area contributed by atoms with Crippen LogP contribution >= 0.6 is 0 Å². The molecule has 1 aliphatic heterocycles. The molecule has 1 amide bonds. The summed E-state index contributed by atoms with van der Waals surface area (Å²) >= 11 is 0. The first-order chi connectivity index (χ1) is 14.4. The summed E-state index contributed by atoms with van der Waals surface area (Å²) in [5.74, 6) is -0.329.